The lowest BCUT2D eigenvalue weighted by Gasteiger charge is -2.31. The van der Waals surface area contributed by atoms with Crippen LogP contribution in [0.1, 0.15) is 44.1 Å². The van der Waals surface area contributed by atoms with Crippen LogP contribution in [0.25, 0.3) is 0 Å². The van der Waals surface area contributed by atoms with Gasteiger partial charge in [-0.15, -0.1) is 0 Å². The Bertz CT molecular complexity index is 712. The maximum absolute atomic E-state index is 12.6. The van der Waals surface area contributed by atoms with E-state index < -0.39 is 11.9 Å². The van der Waals surface area contributed by atoms with E-state index in [0.29, 0.717) is 38.9 Å². The number of piperidine rings is 1. The number of benzene rings is 1. The number of guanidine groups is 1. The van der Waals surface area contributed by atoms with Gasteiger partial charge in [-0.1, -0.05) is 12.1 Å². The zero-order valence-corrected chi connectivity index (χ0v) is 17.5. The minimum atomic E-state index is -0.540. The number of carbonyl (C=O) groups excluding carboxylic acids is 2. The Hall–Kier alpha value is -2.81. The Morgan fingerprint density at radius 2 is 1.77 bits per heavy atom. The van der Waals surface area contributed by atoms with Gasteiger partial charge in [0.1, 0.15) is 5.75 Å². The van der Waals surface area contributed by atoms with Gasteiger partial charge < -0.3 is 27.2 Å². The maximum Gasteiger partial charge on any atom is 0.234 e. The molecule has 1 fully saturated rings. The second-order valence-electron chi connectivity index (χ2n) is 7.70. The van der Waals surface area contributed by atoms with Crippen molar-refractivity contribution in [2.45, 2.75) is 51.1 Å². The molecule has 0 saturated carbocycles. The fourth-order valence-electron chi connectivity index (χ4n) is 3.72. The average Bonchev–Trinajstić information content (AvgIpc) is 2.73. The van der Waals surface area contributed by atoms with Gasteiger partial charge in [-0.25, -0.2) is 0 Å². The molecule has 30 heavy (non-hydrogen) atoms. The molecule has 1 aromatic rings. The van der Waals surface area contributed by atoms with Gasteiger partial charge in [0.2, 0.25) is 11.8 Å². The first-order chi connectivity index (χ1) is 14.4. The van der Waals surface area contributed by atoms with Crippen LogP contribution in [0, 0.1) is 0 Å². The summed E-state index contributed by atoms with van der Waals surface area (Å²) < 4.78 is 0. The Balaban J connectivity index is 2.06. The first kappa shape index (κ1) is 23.5. The average molecular weight is 419 g/mol. The van der Waals surface area contributed by atoms with E-state index in [2.05, 4.69) is 4.99 Å². The maximum atomic E-state index is 12.6. The standard InChI is InChI=1S/C21H34N6O3/c22-20(30)18(5-4-11-25-21(23)24)27(15-16-6-8-17(28)9-7-16)14-10-19(29)26-12-2-1-3-13-26/h6-9,18,28H,1-5,10-15H2,(H2,22,30)(H4,23,24,25)/t18-/m1/s1. The van der Waals surface area contributed by atoms with Crippen molar-refractivity contribution in [1.29, 1.82) is 0 Å². The van der Waals surface area contributed by atoms with E-state index in [1.165, 1.54) is 0 Å². The summed E-state index contributed by atoms with van der Waals surface area (Å²) in [6.07, 6.45) is 4.65. The van der Waals surface area contributed by atoms with Crippen molar-refractivity contribution in [3.05, 3.63) is 29.8 Å². The topological polar surface area (TPSA) is 151 Å². The zero-order chi connectivity index (χ0) is 21.9. The molecule has 166 valence electrons. The molecule has 9 heteroatoms. The van der Waals surface area contributed by atoms with Crippen LogP contribution in [0.4, 0.5) is 0 Å². The molecule has 2 amide bonds. The molecule has 0 bridgehead atoms. The molecular weight excluding hydrogens is 384 g/mol. The van der Waals surface area contributed by atoms with Crippen LogP contribution in [0.5, 0.6) is 5.75 Å². The monoisotopic (exact) mass is 418 g/mol. The molecule has 1 aromatic carbocycles. The van der Waals surface area contributed by atoms with Gasteiger partial charge in [-0.2, -0.15) is 0 Å². The van der Waals surface area contributed by atoms with E-state index in [-0.39, 0.29) is 17.6 Å². The number of nitrogens with two attached hydrogens (primary N) is 3. The third-order valence-corrected chi connectivity index (χ3v) is 5.34. The fraction of sp³-hybridized carbons (Fsp3) is 0.571. The lowest BCUT2D eigenvalue weighted by molar-refractivity contribution is -0.133. The van der Waals surface area contributed by atoms with Crippen molar-refractivity contribution in [2.75, 3.05) is 26.2 Å². The Morgan fingerprint density at radius 1 is 1.10 bits per heavy atom. The summed E-state index contributed by atoms with van der Waals surface area (Å²) in [5.74, 6) is -0.147. The number of phenols is 1. The van der Waals surface area contributed by atoms with Gasteiger partial charge in [0, 0.05) is 39.1 Å². The quantitative estimate of drug-likeness (QED) is 0.233. The zero-order valence-electron chi connectivity index (χ0n) is 17.5. The normalized spacial score (nSPS) is 15.0. The number of hydrogen-bond donors (Lipinski definition) is 4. The molecular formula is C21H34N6O3. The second-order valence-corrected chi connectivity index (χ2v) is 7.70. The van der Waals surface area contributed by atoms with E-state index in [9.17, 15) is 14.7 Å². The third-order valence-electron chi connectivity index (χ3n) is 5.34. The molecule has 1 heterocycles. The number of amides is 2. The minimum absolute atomic E-state index is 0.0127. The molecule has 2 rings (SSSR count). The third kappa shape index (κ3) is 7.90. The SMILES string of the molecule is NC(=O)[C@@H](CCCN=C(N)N)N(CCC(=O)N1CCCCC1)Cc1ccc(O)cc1. The summed E-state index contributed by atoms with van der Waals surface area (Å²) in [4.78, 5) is 32.6. The summed E-state index contributed by atoms with van der Waals surface area (Å²) >= 11 is 0. The first-order valence-corrected chi connectivity index (χ1v) is 10.5. The van der Waals surface area contributed by atoms with E-state index >= 15 is 0 Å². The number of likely N-dealkylation sites (tertiary alicyclic amines) is 1. The van der Waals surface area contributed by atoms with E-state index in [1.54, 1.807) is 24.3 Å². The first-order valence-electron chi connectivity index (χ1n) is 10.5. The van der Waals surface area contributed by atoms with Gasteiger partial charge in [0.05, 0.1) is 6.04 Å². The van der Waals surface area contributed by atoms with Crippen LogP contribution in [0.2, 0.25) is 0 Å². The van der Waals surface area contributed by atoms with Crippen LogP contribution in [0.15, 0.2) is 29.3 Å². The smallest absolute Gasteiger partial charge is 0.234 e. The molecule has 1 atom stereocenters. The largest absolute Gasteiger partial charge is 0.508 e. The van der Waals surface area contributed by atoms with Crippen molar-refractivity contribution in [1.82, 2.24) is 9.80 Å². The molecule has 1 saturated heterocycles. The van der Waals surface area contributed by atoms with E-state index in [1.807, 2.05) is 9.80 Å². The van der Waals surface area contributed by atoms with Crippen LogP contribution in [-0.4, -0.2) is 64.9 Å². The highest BCUT2D eigenvalue weighted by Gasteiger charge is 2.25. The number of nitrogens with zero attached hydrogens (tertiary/aromatic N) is 3. The molecule has 1 aliphatic heterocycles. The summed E-state index contributed by atoms with van der Waals surface area (Å²) in [7, 11) is 0. The number of aliphatic imine (C=N–C) groups is 1. The molecule has 0 unspecified atom stereocenters. The minimum Gasteiger partial charge on any atom is -0.508 e. The molecule has 7 N–H and O–H groups in total. The van der Waals surface area contributed by atoms with Crippen LogP contribution < -0.4 is 17.2 Å². The molecule has 0 radical (unpaired) electrons. The van der Waals surface area contributed by atoms with Crippen LogP contribution in [0.3, 0.4) is 0 Å². The van der Waals surface area contributed by atoms with Crippen LogP contribution in [-0.2, 0) is 16.1 Å². The van der Waals surface area contributed by atoms with Crippen LogP contribution >= 0.6 is 0 Å². The highest BCUT2D eigenvalue weighted by atomic mass is 16.3. The number of rotatable bonds is 11. The van der Waals surface area contributed by atoms with Crippen molar-refractivity contribution >= 4 is 17.8 Å². The Kier molecular flexibility index (Phi) is 9.40. The molecule has 0 aliphatic carbocycles. The van der Waals surface area contributed by atoms with E-state index in [0.717, 1.165) is 37.9 Å². The number of aromatic hydroxyl groups is 1. The van der Waals surface area contributed by atoms with E-state index in [4.69, 9.17) is 17.2 Å². The van der Waals surface area contributed by atoms with Gasteiger partial charge in [0.25, 0.3) is 0 Å². The summed E-state index contributed by atoms with van der Waals surface area (Å²) in [6.45, 7) is 2.88. The molecule has 0 aromatic heterocycles. The molecule has 0 spiro atoms. The number of primary amides is 1. The molecule has 1 aliphatic rings. The van der Waals surface area contributed by atoms with Crippen molar-refractivity contribution in [3.8, 4) is 5.75 Å². The van der Waals surface area contributed by atoms with Gasteiger partial charge in [-0.3, -0.25) is 19.5 Å². The number of phenolic OH excluding ortho intramolecular Hbond substituents is 1. The van der Waals surface area contributed by atoms with Crippen molar-refractivity contribution in [2.24, 2.45) is 22.2 Å². The molecule has 9 nitrogen and oxygen atoms in total. The lowest BCUT2D eigenvalue weighted by Crippen LogP contribution is -2.46. The fourth-order valence-corrected chi connectivity index (χ4v) is 3.72. The lowest BCUT2D eigenvalue weighted by atomic mass is 10.1. The highest BCUT2D eigenvalue weighted by molar-refractivity contribution is 5.80. The number of hydrogen-bond acceptors (Lipinski definition) is 5. The highest BCUT2D eigenvalue weighted by Crippen LogP contribution is 2.17. The Labute approximate surface area is 177 Å². The predicted octanol–water partition coefficient (Wildman–Crippen LogP) is 0.504. The summed E-state index contributed by atoms with van der Waals surface area (Å²) in [6, 6.07) is 6.26. The predicted molar refractivity (Wildman–Crippen MR) is 116 cm³/mol. The number of carbonyl (C=O) groups is 2. The second kappa shape index (κ2) is 12.0. The summed E-state index contributed by atoms with van der Waals surface area (Å²) in [5, 5.41) is 9.53. The van der Waals surface area contributed by atoms with Gasteiger partial charge in [-0.05, 0) is 49.8 Å². The van der Waals surface area contributed by atoms with Gasteiger partial charge >= 0.3 is 0 Å². The van der Waals surface area contributed by atoms with Crippen molar-refractivity contribution in [3.63, 3.8) is 0 Å². The summed E-state index contributed by atoms with van der Waals surface area (Å²) in [5.41, 5.74) is 17.3. The Morgan fingerprint density at radius 3 is 2.37 bits per heavy atom. The van der Waals surface area contributed by atoms with Crippen molar-refractivity contribution < 1.29 is 14.7 Å². The van der Waals surface area contributed by atoms with Gasteiger partial charge in [0.15, 0.2) is 5.96 Å².